The van der Waals surface area contributed by atoms with Crippen LogP contribution in [0.25, 0.3) is 5.76 Å². The lowest BCUT2D eigenvalue weighted by atomic mass is 9.85. The Hall–Kier alpha value is -3.32. The van der Waals surface area contributed by atoms with E-state index >= 15 is 0 Å². The average molecular weight is 478 g/mol. The molecule has 0 aliphatic carbocycles. The van der Waals surface area contributed by atoms with Crippen LogP contribution in [0.15, 0.2) is 48.0 Å². The van der Waals surface area contributed by atoms with E-state index in [4.69, 9.17) is 14.2 Å². The Morgan fingerprint density at radius 3 is 2.37 bits per heavy atom. The molecular weight excluding hydrogens is 446 g/mol. The molecule has 2 aromatic rings. The summed E-state index contributed by atoms with van der Waals surface area (Å²) in [5.41, 5.74) is 2.36. The van der Waals surface area contributed by atoms with Crippen LogP contribution in [-0.4, -0.2) is 54.2 Å². The van der Waals surface area contributed by atoms with E-state index < -0.39 is 17.7 Å². The van der Waals surface area contributed by atoms with Crippen molar-refractivity contribution in [1.82, 2.24) is 4.90 Å². The van der Waals surface area contributed by atoms with Gasteiger partial charge in [0.2, 0.25) is 0 Å². The van der Waals surface area contributed by atoms with Gasteiger partial charge in [-0.2, -0.15) is 0 Å². The third-order valence-electron chi connectivity index (χ3n) is 6.87. The molecule has 0 aromatic heterocycles. The van der Waals surface area contributed by atoms with Crippen molar-refractivity contribution < 1.29 is 28.9 Å². The van der Waals surface area contributed by atoms with Gasteiger partial charge in [-0.3, -0.25) is 9.59 Å². The second-order valence-corrected chi connectivity index (χ2v) is 10.3. The predicted octanol–water partition coefficient (Wildman–Crippen LogP) is 4.36. The summed E-state index contributed by atoms with van der Waals surface area (Å²) in [5, 5.41) is 11.4. The van der Waals surface area contributed by atoms with Crippen LogP contribution in [0.2, 0.25) is 0 Å². The first-order chi connectivity index (χ1) is 16.7. The van der Waals surface area contributed by atoms with Crippen LogP contribution in [0.3, 0.4) is 0 Å². The molecule has 0 radical (unpaired) electrons. The van der Waals surface area contributed by atoms with Gasteiger partial charge in [0.15, 0.2) is 11.5 Å². The maximum Gasteiger partial charge on any atom is 0.295 e. The summed E-state index contributed by atoms with van der Waals surface area (Å²) in [6, 6.07) is 12.2. The third-order valence-corrected chi connectivity index (χ3v) is 6.87. The number of carbonyl (C=O) groups excluding carboxylic acids is 2. The maximum atomic E-state index is 13.3. The summed E-state index contributed by atoms with van der Waals surface area (Å²) in [6.07, 6.45) is 1.64. The molecule has 0 saturated carbocycles. The van der Waals surface area contributed by atoms with E-state index in [1.54, 1.807) is 23.1 Å². The van der Waals surface area contributed by atoms with Gasteiger partial charge in [0.1, 0.15) is 19.0 Å². The molecule has 1 N–H and O–H groups in total. The van der Waals surface area contributed by atoms with Gasteiger partial charge in [0.25, 0.3) is 11.7 Å². The lowest BCUT2D eigenvalue weighted by molar-refractivity contribution is -0.140. The van der Waals surface area contributed by atoms with Gasteiger partial charge in [0, 0.05) is 18.7 Å². The first kappa shape index (κ1) is 23.4. The molecule has 2 aromatic carbocycles. The fourth-order valence-corrected chi connectivity index (χ4v) is 4.93. The lowest BCUT2D eigenvalue weighted by Crippen LogP contribution is -2.36. The minimum atomic E-state index is -0.707. The van der Waals surface area contributed by atoms with E-state index in [1.807, 2.05) is 24.3 Å². The quantitative estimate of drug-likeness (QED) is 0.400. The fraction of sp³-hybridized carbons (Fsp3) is 0.429. The first-order valence-electron chi connectivity index (χ1n) is 12.1. The number of amides is 1. The van der Waals surface area contributed by atoms with E-state index in [-0.39, 0.29) is 22.9 Å². The van der Waals surface area contributed by atoms with Crippen molar-refractivity contribution in [2.75, 3.05) is 26.4 Å². The number of likely N-dealkylation sites (tertiary alicyclic amines) is 1. The van der Waals surface area contributed by atoms with Crippen LogP contribution in [0.1, 0.15) is 56.3 Å². The molecule has 2 fully saturated rings. The van der Waals surface area contributed by atoms with Crippen LogP contribution in [0.4, 0.5) is 0 Å². The lowest BCUT2D eigenvalue weighted by Gasteiger charge is -2.28. The molecule has 3 aliphatic heterocycles. The Morgan fingerprint density at radius 1 is 1.00 bits per heavy atom. The molecule has 0 unspecified atom stereocenters. The highest BCUT2D eigenvalue weighted by Gasteiger charge is 2.47. The smallest absolute Gasteiger partial charge is 0.295 e. The molecule has 1 amide bonds. The fourth-order valence-electron chi connectivity index (χ4n) is 4.93. The minimum Gasteiger partial charge on any atom is -0.507 e. The number of aliphatic hydroxyl groups excluding tert-OH is 1. The number of ketones is 1. The number of hydrogen-bond donors (Lipinski definition) is 1. The number of nitrogens with zero attached hydrogens (tertiary/aromatic N) is 1. The van der Waals surface area contributed by atoms with Gasteiger partial charge in [-0.1, -0.05) is 45.0 Å². The summed E-state index contributed by atoms with van der Waals surface area (Å²) in [5.74, 6) is -0.453. The number of carbonyl (C=O) groups is 2. The topological polar surface area (TPSA) is 85.3 Å². The van der Waals surface area contributed by atoms with Gasteiger partial charge in [-0.05, 0) is 47.6 Å². The number of rotatable bonds is 4. The van der Waals surface area contributed by atoms with Crippen LogP contribution in [0, 0.1) is 0 Å². The molecule has 3 aliphatic rings. The SMILES string of the molecule is CC(C)(C)c1ccc([C@@H]2C(=C(O)c3ccc4c(c3)OCCO4)C(=O)C(=O)N2C[C@H]2CCCO2)cc1. The van der Waals surface area contributed by atoms with E-state index in [0.29, 0.717) is 43.4 Å². The number of Topliss-reactive ketones (excluding diaryl/α,β-unsaturated/α-hetero) is 1. The highest BCUT2D eigenvalue weighted by Crippen LogP contribution is 2.42. The molecule has 7 heteroatoms. The molecule has 7 nitrogen and oxygen atoms in total. The summed E-state index contributed by atoms with van der Waals surface area (Å²) < 4.78 is 17.0. The van der Waals surface area contributed by atoms with Crippen molar-refractivity contribution in [3.8, 4) is 11.5 Å². The van der Waals surface area contributed by atoms with Crippen LogP contribution in [-0.2, 0) is 19.7 Å². The van der Waals surface area contributed by atoms with Gasteiger partial charge < -0.3 is 24.2 Å². The molecule has 2 saturated heterocycles. The Morgan fingerprint density at radius 2 is 1.71 bits per heavy atom. The van der Waals surface area contributed by atoms with E-state index in [9.17, 15) is 14.7 Å². The Balaban J connectivity index is 1.59. The largest absolute Gasteiger partial charge is 0.507 e. The Labute approximate surface area is 205 Å². The maximum absolute atomic E-state index is 13.3. The number of ether oxygens (including phenoxy) is 3. The number of aliphatic hydroxyl groups is 1. The van der Waals surface area contributed by atoms with Crippen molar-refractivity contribution in [3.05, 3.63) is 64.7 Å². The molecule has 0 spiro atoms. The number of benzene rings is 2. The molecule has 5 rings (SSSR count). The Bertz CT molecular complexity index is 1170. The molecule has 3 heterocycles. The number of hydrogen-bond acceptors (Lipinski definition) is 6. The summed E-state index contributed by atoms with van der Waals surface area (Å²) in [4.78, 5) is 28.1. The normalized spacial score (nSPS) is 23.7. The monoisotopic (exact) mass is 477 g/mol. The van der Waals surface area contributed by atoms with Crippen LogP contribution >= 0.6 is 0 Å². The standard InChI is InChI=1S/C28H31NO6/c1-28(2,3)19-9-6-17(7-10-19)24-23(26(31)27(32)29(24)16-20-5-4-12-33-20)25(30)18-8-11-21-22(15-18)35-14-13-34-21/h6-11,15,20,24,30H,4-5,12-14,16H2,1-3H3/t20-,24-/m1/s1. The van der Waals surface area contributed by atoms with E-state index in [2.05, 4.69) is 20.8 Å². The van der Waals surface area contributed by atoms with Gasteiger partial charge in [0.05, 0.1) is 17.7 Å². The highest BCUT2D eigenvalue weighted by molar-refractivity contribution is 6.46. The van der Waals surface area contributed by atoms with E-state index in [1.165, 1.54) is 0 Å². The number of fused-ring (bicyclic) bond motifs is 1. The Kier molecular flexibility index (Phi) is 6.05. The van der Waals surface area contributed by atoms with Crippen molar-refractivity contribution in [3.63, 3.8) is 0 Å². The van der Waals surface area contributed by atoms with Crippen molar-refractivity contribution in [2.45, 2.75) is 51.2 Å². The highest BCUT2D eigenvalue weighted by atomic mass is 16.6. The molecule has 35 heavy (non-hydrogen) atoms. The zero-order chi connectivity index (χ0) is 24.7. The predicted molar refractivity (Wildman–Crippen MR) is 131 cm³/mol. The molecule has 0 bridgehead atoms. The molecule has 2 atom stereocenters. The second-order valence-electron chi connectivity index (χ2n) is 10.3. The zero-order valence-corrected chi connectivity index (χ0v) is 20.4. The van der Waals surface area contributed by atoms with Crippen molar-refractivity contribution in [2.24, 2.45) is 0 Å². The third kappa shape index (κ3) is 4.41. The second kappa shape index (κ2) is 9.04. The van der Waals surface area contributed by atoms with Gasteiger partial charge in [-0.15, -0.1) is 0 Å². The van der Waals surface area contributed by atoms with Crippen molar-refractivity contribution >= 4 is 17.4 Å². The molecular formula is C28H31NO6. The van der Waals surface area contributed by atoms with Crippen LogP contribution < -0.4 is 9.47 Å². The summed E-state index contributed by atoms with van der Waals surface area (Å²) >= 11 is 0. The van der Waals surface area contributed by atoms with Gasteiger partial charge in [-0.25, -0.2) is 0 Å². The van der Waals surface area contributed by atoms with Gasteiger partial charge >= 0.3 is 0 Å². The zero-order valence-electron chi connectivity index (χ0n) is 20.4. The van der Waals surface area contributed by atoms with Crippen molar-refractivity contribution in [1.29, 1.82) is 0 Å². The minimum absolute atomic E-state index is 0.0385. The molecule has 184 valence electrons. The summed E-state index contributed by atoms with van der Waals surface area (Å²) in [6.45, 7) is 8.21. The van der Waals surface area contributed by atoms with Crippen LogP contribution in [0.5, 0.6) is 11.5 Å². The summed E-state index contributed by atoms with van der Waals surface area (Å²) in [7, 11) is 0. The average Bonchev–Trinajstić information content (AvgIpc) is 3.45. The first-order valence-corrected chi connectivity index (χ1v) is 12.1. The van der Waals surface area contributed by atoms with E-state index in [0.717, 1.165) is 24.0 Å².